The Labute approximate surface area is 490 Å². The van der Waals surface area contributed by atoms with Crippen molar-refractivity contribution in [3.63, 3.8) is 0 Å². The van der Waals surface area contributed by atoms with Crippen molar-refractivity contribution in [2.45, 2.75) is 348 Å². The first-order chi connectivity index (χ1) is 39.0. The first kappa shape index (κ1) is 75.6. The minimum Gasteiger partial charge on any atom is -0.462 e. The number of unbranched alkanes of at least 4 members (excludes halogenated alkanes) is 37. The maximum atomic E-state index is 12.9. The van der Waals surface area contributed by atoms with Crippen LogP contribution < -0.4 is 0 Å². The number of hydrogen-bond acceptors (Lipinski definition) is 6. The van der Waals surface area contributed by atoms with E-state index in [4.69, 9.17) is 14.2 Å². The van der Waals surface area contributed by atoms with Gasteiger partial charge in [0.25, 0.3) is 0 Å². The van der Waals surface area contributed by atoms with Crippen molar-refractivity contribution >= 4 is 17.9 Å². The highest BCUT2D eigenvalue weighted by Gasteiger charge is 2.19. The lowest BCUT2D eigenvalue weighted by Gasteiger charge is -2.18. The highest BCUT2D eigenvalue weighted by atomic mass is 16.6. The fourth-order valence-corrected chi connectivity index (χ4v) is 9.80. The quantitative estimate of drug-likeness (QED) is 0.0261. The number of carbonyl (C=O) groups is 3. The van der Waals surface area contributed by atoms with E-state index in [1.54, 1.807) is 0 Å². The molecule has 0 radical (unpaired) electrons. The molecule has 0 saturated heterocycles. The van der Waals surface area contributed by atoms with Gasteiger partial charge in [-0.1, -0.05) is 311 Å². The van der Waals surface area contributed by atoms with Crippen LogP contribution in [0.15, 0.2) is 85.1 Å². The van der Waals surface area contributed by atoms with E-state index in [0.29, 0.717) is 19.3 Å². The third kappa shape index (κ3) is 65.3. The van der Waals surface area contributed by atoms with Gasteiger partial charge < -0.3 is 14.2 Å². The summed E-state index contributed by atoms with van der Waals surface area (Å²) in [6.07, 6.45) is 89.0. The summed E-state index contributed by atoms with van der Waals surface area (Å²) in [4.78, 5) is 38.3. The molecule has 0 aliphatic rings. The van der Waals surface area contributed by atoms with Crippen molar-refractivity contribution in [3.05, 3.63) is 85.1 Å². The van der Waals surface area contributed by atoms with E-state index in [2.05, 4.69) is 106 Å². The van der Waals surface area contributed by atoms with Crippen molar-refractivity contribution < 1.29 is 28.6 Å². The molecule has 0 bridgehead atoms. The van der Waals surface area contributed by atoms with Crippen LogP contribution in [-0.4, -0.2) is 37.2 Å². The van der Waals surface area contributed by atoms with Crippen molar-refractivity contribution in [3.8, 4) is 0 Å². The molecule has 1 unspecified atom stereocenters. The topological polar surface area (TPSA) is 78.9 Å². The van der Waals surface area contributed by atoms with E-state index >= 15 is 0 Å². The van der Waals surface area contributed by atoms with Crippen molar-refractivity contribution in [2.75, 3.05) is 13.2 Å². The molecule has 0 aliphatic heterocycles. The van der Waals surface area contributed by atoms with Crippen LogP contribution in [-0.2, 0) is 28.6 Å². The Hall–Kier alpha value is -3.41. The molecule has 6 nitrogen and oxygen atoms in total. The predicted molar refractivity (Wildman–Crippen MR) is 344 cm³/mol. The minimum atomic E-state index is -0.777. The number of esters is 3. The van der Waals surface area contributed by atoms with Gasteiger partial charge in [-0.3, -0.25) is 14.4 Å². The summed E-state index contributed by atoms with van der Waals surface area (Å²) in [6, 6.07) is 0. The molecule has 0 aliphatic carbocycles. The minimum absolute atomic E-state index is 0.0744. The zero-order valence-electron chi connectivity index (χ0n) is 52.4. The van der Waals surface area contributed by atoms with Gasteiger partial charge in [0, 0.05) is 19.3 Å². The van der Waals surface area contributed by atoms with Crippen LogP contribution in [0.2, 0.25) is 0 Å². The molecular weight excluding hydrogens is 973 g/mol. The van der Waals surface area contributed by atoms with Gasteiger partial charge in [0.1, 0.15) is 13.2 Å². The molecule has 0 amide bonds. The Balaban J connectivity index is 4.17. The number of carbonyl (C=O) groups excluding carboxylic acids is 3. The highest BCUT2D eigenvalue weighted by molar-refractivity contribution is 5.71. The van der Waals surface area contributed by atoms with Gasteiger partial charge in [0.2, 0.25) is 0 Å². The molecule has 456 valence electrons. The van der Waals surface area contributed by atoms with E-state index in [1.807, 2.05) is 0 Å². The summed E-state index contributed by atoms with van der Waals surface area (Å²) >= 11 is 0. The lowest BCUT2D eigenvalue weighted by Crippen LogP contribution is -2.30. The predicted octanol–water partition coefficient (Wildman–Crippen LogP) is 23.4. The largest absolute Gasteiger partial charge is 0.462 e. The first-order valence-corrected chi connectivity index (χ1v) is 34.1. The molecule has 6 heteroatoms. The van der Waals surface area contributed by atoms with Crippen molar-refractivity contribution in [1.29, 1.82) is 0 Å². The second kappa shape index (κ2) is 67.1. The Morgan fingerprint density at radius 2 is 0.494 bits per heavy atom. The second-order valence-electron chi connectivity index (χ2n) is 22.7. The molecule has 0 saturated carbocycles. The fraction of sp³-hybridized carbons (Fsp3) is 0.767. The highest BCUT2D eigenvalue weighted by Crippen LogP contribution is 2.17. The molecule has 0 heterocycles. The third-order valence-corrected chi connectivity index (χ3v) is 14.9. The van der Waals surface area contributed by atoms with Crippen LogP contribution in [0.3, 0.4) is 0 Å². The van der Waals surface area contributed by atoms with E-state index < -0.39 is 6.10 Å². The normalized spacial score (nSPS) is 12.6. The smallest absolute Gasteiger partial charge is 0.306 e. The van der Waals surface area contributed by atoms with Crippen LogP contribution in [0.4, 0.5) is 0 Å². The van der Waals surface area contributed by atoms with Gasteiger partial charge in [-0.2, -0.15) is 0 Å². The Bertz CT molecular complexity index is 1500. The number of rotatable bonds is 62. The maximum Gasteiger partial charge on any atom is 0.306 e. The Morgan fingerprint density at radius 3 is 0.772 bits per heavy atom. The average molecular weight is 1100 g/mol. The third-order valence-electron chi connectivity index (χ3n) is 14.9. The summed E-state index contributed by atoms with van der Waals surface area (Å²) in [5.41, 5.74) is 0. The van der Waals surface area contributed by atoms with E-state index in [0.717, 1.165) is 96.3 Å². The molecule has 0 N–H and O–H groups in total. The summed E-state index contributed by atoms with van der Waals surface area (Å²) < 4.78 is 16.9. The van der Waals surface area contributed by atoms with Crippen LogP contribution in [0.1, 0.15) is 342 Å². The lowest BCUT2D eigenvalue weighted by atomic mass is 10.0. The van der Waals surface area contributed by atoms with Crippen molar-refractivity contribution in [1.82, 2.24) is 0 Å². The standard InChI is InChI=1S/C73H128O6/c1-4-7-10-13-16-19-21-23-25-27-29-31-33-35-36-38-39-41-43-45-47-49-51-54-57-60-63-66-72(75)78-69-70(68-77-71(74)65-62-59-56-53-18-15-12-9-6-3)79-73(76)67-64-61-58-55-52-50-48-46-44-42-40-37-34-32-30-28-26-24-22-20-17-14-11-8-5-2/h7,10,16,19,22-25,28-31,34,37,70H,4-6,8-9,11-15,17-18,20-21,26-27,32-33,35-36,38-69H2,1-3H3/b10-7-,19-16-,24-22-,25-23-,30-28-,31-29-,37-34-. The lowest BCUT2D eigenvalue weighted by molar-refractivity contribution is -0.167. The second-order valence-corrected chi connectivity index (χ2v) is 22.7. The zero-order chi connectivity index (χ0) is 57.1. The zero-order valence-corrected chi connectivity index (χ0v) is 52.4. The SMILES string of the molecule is CC/C=C\C/C=C\C/C=C\C/C=C\CCCCCCCCCCCCCCCCC(=O)OCC(COC(=O)CCCCCCCCCCC)OC(=O)CCCCCCCCCCCC/C=C\C/C=C\C/C=C\CCCCCCC. The van der Waals surface area contributed by atoms with Gasteiger partial charge >= 0.3 is 17.9 Å². The number of allylic oxidation sites excluding steroid dienone is 14. The van der Waals surface area contributed by atoms with Gasteiger partial charge in [-0.25, -0.2) is 0 Å². The summed E-state index contributed by atoms with van der Waals surface area (Å²) in [6.45, 7) is 6.53. The molecule has 79 heavy (non-hydrogen) atoms. The number of hydrogen-bond donors (Lipinski definition) is 0. The molecule has 0 aromatic carbocycles. The van der Waals surface area contributed by atoms with Gasteiger partial charge in [0.15, 0.2) is 6.10 Å². The maximum absolute atomic E-state index is 12.9. The van der Waals surface area contributed by atoms with E-state index in [1.165, 1.54) is 205 Å². The monoisotopic (exact) mass is 1100 g/mol. The van der Waals surface area contributed by atoms with Crippen molar-refractivity contribution in [2.24, 2.45) is 0 Å². The van der Waals surface area contributed by atoms with Crippen LogP contribution in [0, 0.1) is 0 Å². The molecule has 0 rings (SSSR count). The van der Waals surface area contributed by atoms with Gasteiger partial charge in [0.05, 0.1) is 0 Å². The average Bonchev–Trinajstić information content (AvgIpc) is 3.45. The van der Waals surface area contributed by atoms with Crippen LogP contribution in [0.25, 0.3) is 0 Å². The molecule has 0 aromatic rings. The molecule has 0 fully saturated rings. The van der Waals surface area contributed by atoms with Gasteiger partial charge in [-0.05, 0) is 96.3 Å². The molecular formula is C73H128O6. The Morgan fingerprint density at radius 1 is 0.266 bits per heavy atom. The first-order valence-electron chi connectivity index (χ1n) is 34.1. The Kier molecular flexibility index (Phi) is 64.2. The fourth-order valence-electron chi connectivity index (χ4n) is 9.80. The van der Waals surface area contributed by atoms with Gasteiger partial charge in [-0.15, -0.1) is 0 Å². The molecule has 0 aromatic heterocycles. The molecule has 1 atom stereocenters. The summed E-state index contributed by atoms with van der Waals surface area (Å²) in [5.74, 6) is -0.866. The summed E-state index contributed by atoms with van der Waals surface area (Å²) in [5, 5.41) is 0. The van der Waals surface area contributed by atoms with Crippen LogP contribution >= 0.6 is 0 Å². The van der Waals surface area contributed by atoms with Crippen LogP contribution in [0.5, 0.6) is 0 Å². The van der Waals surface area contributed by atoms with E-state index in [9.17, 15) is 14.4 Å². The summed E-state index contributed by atoms with van der Waals surface area (Å²) in [7, 11) is 0. The number of ether oxygens (including phenoxy) is 3. The van der Waals surface area contributed by atoms with E-state index in [-0.39, 0.29) is 31.1 Å². The molecule has 0 spiro atoms.